The van der Waals surface area contributed by atoms with Crippen LogP contribution in [0.2, 0.25) is 0 Å². The van der Waals surface area contributed by atoms with Gasteiger partial charge < -0.3 is 14.2 Å². The zero-order chi connectivity index (χ0) is 43.0. The first-order valence-electron chi connectivity index (χ1n) is 24.1. The van der Waals surface area contributed by atoms with E-state index in [1.165, 1.54) is 64.2 Å². The third-order valence-electron chi connectivity index (χ3n) is 9.96. The molecule has 1 atom stereocenters. The van der Waals surface area contributed by atoms with Gasteiger partial charge >= 0.3 is 17.9 Å². The van der Waals surface area contributed by atoms with Crippen molar-refractivity contribution in [2.45, 2.75) is 219 Å². The van der Waals surface area contributed by atoms with E-state index in [9.17, 15) is 14.4 Å². The molecule has 0 aromatic heterocycles. The van der Waals surface area contributed by atoms with Crippen molar-refractivity contribution in [3.63, 3.8) is 0 Å². The molecular formula is C53H88O6. The molecule has 0 aromatic rings. The van der Waals surface area contributed by atoms with Crippen molar-refractivity contribution in [2.24, 2.45) is 0 Å². The van der Waals surface area contributed by atoms with Crippen LogP contribution in [-0.4, -0.2) is 37.2 Å². The smallest absolute Gasteiger partial charge is 0.306 e. The Kier molecular flexibility index (Phi) is 44.5. The maximum atomic E-state index is 12.7. The molecule has 0 spiro atoms. The van der Waals surface area contributed by atoms with Crippen LogP contribution in [0.15, 0.2) is 85.1 Å². The van der Waals surface area contributed by atoms with Gasteiger partial charge in [-0.15, -0.1) is 0 Å². The fourth-order valence-electron chi connectivity index (χ4n) is 6.37. The standard InChI is InChI=1S/C53H88O6/c1-4-7-10-13-16-19-22-25-26-27-29-31-34-37-40-43-46-52(55)58-49-50(48-57-51(54)45-42-39-36-33-30-24-21-18-15-12-9-6-3)59-53(56)47-44-41-38-35-32-28-23-20-17-14-11-8-5-2/h8-9,11-12,14,17-18,20-21,23,26-28,32,50H,4-7,10,13,15-16,19,22,24-25,29-31,33-49H2,1-3H3/b11-8-,12-9-,17-14-,21-18-,23-20-,27-26-,32-28-. The van der Waals surface area contributed by atoms with Gasteiger partial charge in [0.15, 0.2) is 6.10 Å². The molecule has 0 N–H and O–H groups in total. The monoisotopic (exact) mass is 821 g/mol. The normalized spacial score (nSPS) is 12.8. The van der Waals surface area contributed by atoms with Crippen molar-refractivity contribution in [2.75, 3.05) is 13.2 Å². The highest BCUT2D eigenvalue weighted by atomic mass is 16.6. The van der Waals surface area contributed by atoms with Crippen molar-refractivity contribution < 1.29 is 28.6 Å². The number of allylic oxidation sites excluding steroid dienone is 14. The van der Waals surface area contributed by atoms with Gasteiger partial charge in [0, 0.05) is 19.3 Å². The molecule has 336 valence electrons. The van der Waals surface area contributed by atoms with Gasteiger partial charge in [-0.2, -0.15) is 0 Å². The lowest BCUT2D eigenvalue weighted by Gasteiger charge is -2.18. The maximum absolute atomic E-state index is 12.7. The largest absolute Gasteiger partial charge is 0.462 e. The summed E-state index contributed by atoms with van der Waals surface area (Å²) in [5, 5.41) is 0. The van der Waals surface area contributed by atoms with Gasteiger partial charge in [-0.25, -0.2) is 0 Å². The lowest BCUT2D eigenvalue weighted by Crippen LogP contribution is -2.30. The third-order valence-corrected chi connectivity index (χ3v) is 9.96. The van der Waals surface area contributed by atoms with Gasteiger partial charge in [0.05, 0.1) is 0 Å². The van der Waals surface area contributed by atoms with Gasteiger partial charge in [0.2, 0.25) is 0 Å². The molecule has 59 heavy (non-hydrogen) atoms. The summed E-state index contributed by atoms with van der Waals surface area (Å²) in [6.07, 6.45) is 60.0. The van der Waals surface area contributed by atoms with Gasteiger partial charge in [-0.05, 0) is 89.9 Å². The van der Waals surface area contributed by atoms with Crippen molar-refractivity contribution in [1.82, 2.24) is 0 Å². The highest BCUT2D eigenvalue weighted by Gasteiger charge is 2.19. The van der Waals surface area contributed by atoms with E-state index in [-0.39, 0.29) is 37.5 Å². The summed E-state index contributed by atoms with van der Waals surface area (Å²) < 4.78 is 16.7. The van der Waals surface area contributed by atoms with Gasteiger partial charge in [0.1, 0.15) is 13.2 Å². The van der Waals surface area contributed by atoms with E-state index in [1.54, 1.807) is 0 Å². The predicted molar refractivity (Wildman–Crippen MR) is 251 cm³/mol. The molecule has 0 aromatic carbocycles. The molecule has 0 saturated heterocycles. The van der Waals surface area contributed by atoms with Crippen LogP contribution in [0.4, 0.5) is 0 Å². The van der Waals surface area contributed by atoms with Gasteiger partial charge in [0.25, 0.3) is 0 Å². The van der Waals surface area contributed by atoms with E-state index >= 15 is 0 Å². The molecule has 0 radical (unpaired) electrons. The van der Waals surface area contributed by atoms with Crippen LogP contribution >= 0.6 is 0 Å². The molecule has 0 heterocycles. The summed E-state index contributed by atoms with van der Waals surface area (Å²) in [5.74, 6) is -0.970. The average Bonchev–Trinajstić information content (AvgIpc) is 3.23. The van der Waals surface area contributed by atoms with Crippen LogP contribution in [0.5, 0.6) is 0 Å². The fourth-order valence-corrected chi connectivity index (χ4v) is 6.37. The first kappa shape index (κ1) is 55.6. The van der Waals surface area contributed by atoms with Crippen LogP contribution in [-0.2, 0) is 28.6 Å². The van der Waals surface area contributed by atoms with Gasteiger partial charge in [-0.3, -0.25) is 14.4 Å². The lowest BCUT2D eigenvalue weighted by atomic mass is 10.1. The van der Waals surface area contributed by atoms with E-state index in [2.05, 4.69) is 69.4 Å². The van der Waals surface area contributed by atoms with Crippen molar-refractivity contribution in [1.29, 1.82) is 0 Å². The van der Waals surface area contributed by atoms with Gasteiger partial charge in [-0.1, -0.05) is 189 Å². The van der Waals surface area contributed by atoms with E-state index in [4.69, 9.17) is 14.2 Å². The minimum atomic E-state index is -0.805. The molecule has 1 unspecified atom stereocenters. The molecule has 0 bridgehead atoms. The Morgan fingerprint density at radius 3 is 1.25 bits per heavy atom. The summed E-state index contributed by atoms with van der Waals surface area (Å²) >= 11 is 0. The SMILES string of the molecule is CC\C=C/C=C\C=C/C=C\CCCCCC(=O)OC(COC(=O)CCCCCCC/C=C\C/C=C\CC)COC(=O)CCCCCCC/C=C\CCCCCCCCC. The molecular weight excluding hydrogens is 733 g/mol. The second kappa shape index (κ2) is 47.3. The molecule has 0 aliphatic rings. The second-order valence-corrected chi connectivity index (χ2v) is 15.7. The molecule has 0 rings (SSSR count). The molecule has 0 amide bonds. The Morgan fingerprint density at radius 2 is 0.746 bits per heavy atom. The Hall–Kier alpha value is -3.41. The Morgan fingerprint density at radius 1 is 0.373 bits per heavy atom. The number of ether oxygens (including phenoxy) is 3. The first-order chi connectivity index (χ1) is 29.0. The minimum Gasteiger partial charge on any atom is -0.462 e. The zero-order valence-electron chi connectivity index (χ0n) is 38.2. The van der Waals surface area contributed by atoms with E-state index in [0.29, 0.717) is 19.3 Å². The number of hydrogen-bond acceptors (Lipinski definition) is 6. The fraction of sp³-hybridized carbons (Fsp3) is 0.679. The summed E-state index contributed by atoms with van der Waals surface area (Å²) in [7, 11) is 0. The zero-order valence-corrected chi connectivity index (χ0v) is 38.2. The number of esters is 3. The van der Waals surface area contributed by atoms with Crippen molar-refractivity contribution >= 4 is 17.9 Å². The van der Waals surface area contributed by atoms with Crippen LogP contribution in [0.25, 0.3) is 0 Å². The van der Waals surface area contributed by atoms with Crippen LogP contribution in [0.1, 0.15) is 213 Å². The minimum absolute atomic E-state index is 0.102. The molecule has 0 fully saturated rings. The Bertz CT molecular complexity index is 1170. The van der Waals surface area contributed by atoms with Crippen molar-refractivity contribution in [3.05, 3.63) is 85.1 Å². The summed E-state index contributed by atoms with van der Waals surface area (Å²) in [4.78, 5) is 37.8. The quantitative estimate of drug-likeness (QED) is 0.0201. The second-order valence-electron chi connectivity index (χ2n) is 15.7. The number of unbranched alkanes of at least 4 members (excludes halogenated alkanes) is 20. The molecule has 0 aliphatic heterocycles. The van der Waals surface area contributed by atoms with Crippen LogP contribution in [0.3, 0.4) is 0 Å². The molecule has 0 saturated carbocycles. The topological polar surface area (TPSA) is 78.9 Å². The molecule has 0 aliphatic carbocycles. The van der Waals surface area contributed by atoms with E-state index in [1.807, 2.05) is 36.5 Å². The number of rotatable bonds is 42. The van der Waals surface area contributed by atoms with E-state index < -0.39 is 6.10 Å². The first-order valence-corrected chi connectivity index (χ1v) is 24.1. The highest BCUT2D eigenvalue weighted by Crippen LogP contribution is 2.13. The van der Waals surface area contributed by atoms with Crippen molar-refractivity contribution in [3.8, 4) is 0 Å². The number of hydrogen-bond donors (Lipinski definition) is 0. The van der Waals surface area contributed by atoms with Crippen LogP contribution in [0, 0.1) is 0 Å². The Labute approximate surface area is 363 Å². The highest BCUT2D eigenvalue weighted by molar-refractivity contribution is 5.71. The molecule has 6 nitrogen and oxygen atoms in total. The number of carbonyl (C=O) groups excluding carboxylic acids is 3. The lowest BCUT2D eigenvalue weighted by molar-refractivity contribution is -0.167. The maximum Gasteiger partial charge on any atom is 0.306 e. The summed E-state index contributed by atoms with van der Waals surface area (Å²) in [6, 6.07) is 0. The number of carbonyl (C=O) groups is 3. The predicted octanol–water partition coefficient (Wildman–Crippen LogP) is 15.6. The average molecular weight is 821 g/mol. The third kappa shape index (κ3) is 45.5. The van der Waals surface area contributed by atoms with Crippen LogP contribution < -0.4 is 0 Å². The molecule has 6 heteroatoms. The van der Waals surface area contributed by atoms with E-state index in [0.717, 1.165) is 103 Å². The summed E-state index contributed by atoms with van der Waals surface area (Å²) in [5.41, 5.74) is 0. The Balaban J connectivity index is 4.46. The summed E-state index contributed by atoms with van der Waals surface area (Å²) in [6.45, 7) is 6.32.